The van der Waals surface area contributed by atoms with Gasteiger partial charge < -0.3 is 15.4 Å². The van der Waals surface area contributed by atoms with E-state index in [2.05, 4.69) is 10.6 Å². The highest BCUT2D eigenvalue weighted by Gasteiger charge is 2.29. The molecule has 0 saturated carbocycles. The molecule has 6 heteroatoms. The molecule has 114 valence electrons. The van der Waals surface area contributed by atoms with Crippen molar-refractivity contribution < 1.29 is 18.7 Å². The number of hydrogen-bond donors (Lipinski definition) is 2. The predicted octanol–water partition coefficient (Wildman–Crippen LogP) is 2.45. The lowest BCUT2D eigenvalue weighted by molar-refractivity contribution is -0.142. The molecule has 21 heavy (non-hydrogen) atoms. The SMILES string of the molecule is CC=COC(=O)C(C)(C)Nc1ccc(C(=O)NC)c(F)c1. The fourth-order valence-corrected chi connectivity index (χ4v) is 1.60. The number of allylic oxidation sites excluding steroid dienone is 1. The zero-order valence-electron chi connectivity index (χ0n) is 12.5. The molecule has 1 rings (SSSR count). The molecule has 0 aliphatic rings. The van der Waals surface area contributed by atoms with Gasteiger partial charge in [0.15, 0.2) is 0 Å². The standard InChI is InChI=1S/C15H19FN2O3/c1-5-8-21-14(20)15(2,3)18-10-6-7-11(12(16)9-10)13(19)17-4/h5-9,18H,1-4H3,(H,17,19). The summed E-state index contributed by atoms with van der Waals surface area (Å²) in [5, 5.41) is 5.22. The summed E-state index contributed by atoms with van der Waals surface area (Å²) in [6.07, 6.45) is 2.87. The first-order chi connectivity index (χ1) is 9.81. The van der Waals surface area contributed by atoms with Gasteiger partial charge in [-0.3, -0.25) is 4.79 Å². The first kappa shape index (κ1) is 16.7. The summed E-state index contributed by atoms with van der Waals surface area (Å²) in [5.41, 5.74) is -0.722. The van der Waals surface area contributed by atoms with Crippen LogP contribution in [0, 0.1) is 5.82 Å². The maximum Gasteiger partial charge on any atom is 0.335 e. The van der Waals surface area contributed by atoms with Gasteiger partial charge in [0.05, 0.1) is 11.8 Å². The lowest BCUT2D eigenvalue weighted by atomic mass is 10.0. The fraction of sp³-hybridized carbons (Fsp3) is 0.333. The molecule has 0 aliphatic carbocycles. The van der Waals surface area contributed by atoms with Gasteiger partial charge in [0.2, 0.25) is 0 Å². The number of nitrogens with one attached hydrogen (secondary N) is 2. The maximum atomic E-state index is 13.8. The quantitative estimate of drug-likeness (QED) is 0.646. The number of esters is 1. The Balaban J connectivity index is 2.90. The van der Waals surface area contributed by atoms with Gasteiger partial charge in [-0.2, -0.15) is 0 Å². The van der Waals surface area contributed by atoms with Gasteiger partial charge in [-0.1, -0.05) is 6.08 Å². The molecule has 2 N–H and O–H groups in total. The normalized spacial score (nSPS) is 11.3. The Bertz CT molecular complexity index is 568. The molecular formula is C15H19FN2O3. The summed E-state index contributed by atoms with van der Waals surface area (Å²) in [4.78, 5) is 23.2. The van der Waals surface area contributed by atoms with Crippen LogP contribution in [-0.2, 0) is 9.53 Å². The Labute approximate surface area is 123 Å². The van der Waals surface area contributed by atoms with Gasteiger partial charge in [0.25, 0.3) is 5.91 Å². The summed E-state index contributed by atoms with van der Waals surface area (Å²) < 4.78 is 18.7. The highest BCUT2D eigenvalue weighted by atomic mass is 19.1. The molecule has 0 fully saturated rings. The van der Waals surface area contributed by atoms with Gasteiger partial charge in [-0.15, -0.1) is 0 Å². The van der Waals surface area contributed by atoms with Gasteiger partial charge in [0.1, 0.15) is 11.4 Å². The largest absolute Gasteiger partial charge is 0.433 e. The summed E-state index contributed by atoms with van der Waals surface area (Å²) in [7, 11) is 1.42. The second kappa shape index (κ2) is 6.88. The maximum absolute atomic E-state index is 13.8. The molecule has 1 aromatic carbocycles. The third-order valence-electron chi connectivity index (χ3n) is 2.72. The number of halogens is 1. The van der Waals surface area contributed by atoms with Crippen molar-refractivity contribution in [1.82, 2.24) is 5.32 Å². The zero-order chi connectivity index (χ0) is 16.0. The molecule has 0 spiro atoms. The molecule has 0 saturated heterocycles. The lowest BCUT2D eigenvalue weighted by Crippen LogP contribution is -2.41. The van der Waals surface area contributed by atoms with Crippen LogP contribution in [0.25, 0.3) is 0 Å². The Morgan fingerprint density at radius 1 is 1.33 bits per heavy atom. The molecule has 0 heterocycles. The van der Waals surface area contributed by atoms with E-state index < -0.39 is 23.2 Å². The minimum atomic E-state index is -1.04. The molecule has 0 radical (unpaired) electrons. The third kappa shape index (κ3) is 4.30. The Hall–Kier alpha value is -2.37. The van der Waals surface area contributed by atoms with E-state index in [9.17, 15) is 14.0 Å². The van der Waals surface area contributed by atoms with E-state index in [1.54, 1.807) is 26.8 Å². The second-order valence-corrected chi connectivity index (χ2v) is 4.90. The van der Waals surface area contributed by atoms with Gasteiger partial charge in [-0.05, 0) is 39.0 Å². The zero-order valence-corrected chi connectivity index (χ0v) is 12.5. The summed E-state index contributed by atoms with van der Waals surface area (Å²) in [6.45, 7) is 4.95. The number of ether oxygens (including phenoxy) is 1. The van der Waals surface area contributed by atoms with E-state index in [-0.39, 0.29) is 5.56 Å². The Morgan fingerprint density at radius 3 is 2.52 bits per heavy atom. The van der Waals surface area contributed by atoms with Crippen LogP contribution in [-0.4, -0.2) is 24.5 Å². The van der Waals surface area contributed by atoms with Gasteiger partial charge in [-0.25, -0.2) is 9.18 Å². The van der Waals surface area contributed by atoms with Crippen molar-refractivity contribution in [3.05, 3.63) is 41.9 Å². The van der Waals surface area contributed by atoms with Gasteiger partial charge in [0, 0.05) is 12.7 Å². The number of anilines is 1. The molecular weight excluding hydrogens is 275 g/mol. The van der Waals surface area contributed by atoms with Crippen LogP contribution in [0.2, 0.25) is 0 Å². The van der Waals surface area contributed by atoms with Crippen LogP contribution in [0.5, 0.6) is 0 Å². The summed E-state index contributed by atoms with van der Waals surface area (Å²) >= 11 is 0. The van der Waals surface area contributed by atoms with Crippen molar-refractivity contribution in [2.75, 3.05) is 12.4 Å². The molecule has 0 atom stereocenters. The topological polar surface area (TPSA) is 67.4 Å². The number of amides is 1. The lowest BCUT2D eigenvalue weighted by Gasteiger charge is -2.24. The van der Waals surface area contributed by atoms with E-state index in [0.717, 1.165) is 6.07 Å². The first-order valence-electron chi connectivity index (χ1n) is 6.44. The highest BCUT2D eigenvalue weighted by molar-refractivity contribution is 5.94. The Morgan fingerprint density at radius 2 is 2.00 bits per heavy atom. The summed E-state index contributed by atoms with van der Waals surface area (Å²) in [5.74, 6) is -1.68. The van der Waals surface area contributed by atoms with Crippen LogP contribution in [0.4, 0.5) is 10.1 Å². The third-order valence-corrected chi connectivity index (χ3v) is 2.72. The highest BCUT2D eigenvalue weighted by Crippen LogP contribution is 2.20. The van der Waals surface area contributed by atoms with Crippen molar-refractivity contribution in [3.8, 4) is 0 Å². The van der Waals surface area contributed by atoms with E-state index in [4.69, 9.17) is 4.74 Å². The number of carbonyl (C=O) groups is 2. The second-order valence-electron chi connectivity index (χ2n) is 4.90. The van der Waals surface area contributed by atoms with Crippen LogP contribution in [0.1, 0.15) is 31.1 Å². The van der Waals surface area contributed by atoms with E-state index in [0.29, 0.717) is 5.69 Å². The summed E-state index contributed by atoms with van der Waals surface area (Å²) in [6, 6.07) is 4.04. The average Bonchev–Trinajstić information content (AvgIpc) is 2.43. The molecule has 0 bridgehead atoms. The molecule has 0 aliphatic heterocycles. The molecule has 1 amide bonds. The minimum absolute atomic E-state index is 0.0580. The van der Waals surface area contributed by atoms with Crippen molar-refractivity contribution >= 4 is 17.6 Å². The van der Waals surface area contributed by atoms with E-state index in [1.165, 1.54) is 25.4 Å². The number of rotatable bonds is 5. The van der Waals surface area contributed by atoms with Gasteiger partial charge >= 0.3 is 5.97 Å². The van der Waals surface area contributed by atoms with Crippen LogP contribution in [0.3, 0.4) is 0 Å². The average molecular weight is 294 g/mol. The minimum Gasteiger partial charge on any atom is -0.433 e. The number of hydrogen-bond acceptors (Lipinski definition) is 4. The van der Waals surface area contributed by atoms with Crippen molar-refractivity contribution in [2.24, 2.45) is 0 Å². The number of benzene rings is 1. The predicted molar refractivity (Wildman–Crippen MR) is 78.4 cm³/mol. The fourth-order valence-electron chi connectivity index (χ4n) is 1.60. The van der Waals surface area contributed by atoms with E-state index >= 15 is 0 Å². The molecule has 5 nitrogen and oxygen atoms in total. The molecule has 1 aromatic rings. The molecule has 0 unspecified atom stereocenters. The van der Waals surface area contributed by atoms with Crippen molar-refractivity contribution in [3.63, 3.8) is 0 Å². The van der Waals surface area contributed by atoms with Crippen LogP contribution < -0.4 is 10.6 Å². The molecule has 0 aromatic heterocycles. The van der Waals surface area contributed by atoms with Crippen LogP contribution in [0.15, 0.2) is 30.5 Å². The smallest absolute Gasteiger partial charge is 0.335 e. The first-order valence-corrected chi connectivity index (χ1v) is 6.44. The van der Waals surface area contributed by atoms with E-state index in [1.807, 2.05) is 0 Å². The monoisotopic (exact) mass is 294 g/mol. The van der Waals surface area contributed by atoms with Crippen molar-refractivity contribution in [1.29, 1.82) is 0 Å². The van der Waals surface area contributed by atoms with Crippen LogP contribution >= 0.6 is 0 Å². The Kier molecular flexibility index (Phi) is 5.46. The van der Waals surface area contributed by atoms with Crippen molar-refractivity contribution in [2.45, 2.75) is 26.3 Å². The number of carbonyl (C=O) groups excluding carboxylic acids is 2.